The molecule has 0 N–H and O–H groups in total. The van der Waals surface area contributed by atoms with E-state index in [4.69, 9.17) is 15.9 Å². The monoisotopic (exact) mass is 364 g/mol. The van der Waals surface area contributed by atoms with E-state index in [0.717, 1.165) is 15.8 Å². The molecule has 0 bridgehead atoms. The lowest BCUT2D eigenvalue weighted by atomic mass is 10.1. The molecule has 0 fully saturated rings. The Bertz CT molecular complexity index is 1120. The molecular formula is C20H16N2O3S. The molecule has 0 saturated heterocycles. The van der Waals surface area contributed by atoms with Gasteiger partial charge in [-0.15, -0.1) is 6.42 Å². The first-order valence-corrected chi connectivity index (χ1v) is 9.00. The van der Waals surface area contributed by atoms with E-state index < -0.39 is 0 Å². The number of aryl methyl sites for hydroxylation is 1. The van der Waals surface area contributed by atoms with Gasteiger partial charge in [-0.25, -0.2) is 0 Å². The SMILES string of the molecule is C#CCn1c(=NC(=O)c2ccccc2C)sc2cc3c(cc21)OCCO3. The number of carbonyl (C=O) groups excluding carboxylic acids is 1. The van der Waals surface area contributed by atoms with Crippen LogP contribution in [0.5, 0.6) is 11.5 Å². The number of benzene rings is 2. The zero-order valence-electron chi connectivity index (χ0n) is 14.2. The molecule has 0 unspecified atom stereocenters. The fourth-order valence-corrected chi connectivity index (χ4v) is 3.93. The molecule has 2 heterocycles. The quantitative estimate of drug-likeness (QED) is 0.657. The summed E-state index contributed by atoms with van der Waals surface area (Å²) in [6, 6.07) is 11.2. The lowest BCUT2D eigenvalue weighted by Crippen LogP contribution is -2.17. The van der Waals surface area contributed by atoms with Crippen molar-refractivity contribution in [3.63, 3.8) is 0 Å². The first kappa shape index (κ1) is 16.4. The Kier molecular flexibility index (Phi) is 4.23. The van der Waals surface area contributed by atoms with E-state index in [1.165, 1.54) is 11.3 Å². The second-order valence-corrected chi connectivity index (χ2v) is 6.88. The number of aromatic nitrogens is 1. The minimum atomic E-state index is -0.280. The minimum Gasteiger partial charge on any atom is -0.486 e. The summed E-state index contributed by atoms with van der Waals surface area (Å²) in [5, 5.41) is 0. The molecule has 0 saturated carbocycles. The van der Waals surface area contributed by atoms with Gasteiger partial charge in [-0.05, 0) is 18.6 Å². The van der Waals surface area contributed by atoms with E-state index in [0.29, 0.717) is 41.6 Å². The summed E-state index contributed by atoms with van der Waals surface area (Å²) < 4.78 is 14.1. The van der Waals surface area contributed by atoms with Gasteiger partial charge in [0.15, 0.2) is 16.3 Å². The topological polar surface area (TPSA) is 52.8 Å². The Labute approximate surface area is 154 Å². The number of hydrogen-bond donors (Lipinski definition) is 0. The van der Waals surface area contributed by atoms with Crippen molar-refractivity contribution < 1.29 is 14.3 Å². The van der Waals surface area contributed by atoms with Crippen molar-refractivity contribution in [2.24, 2.45) is 4.99 Å². The third-order valence-corrected chi connectivity index (χ3v) is 5.21. The Balaban J connectivity index is 1.89. The predicted octanol–water partition coefficient (Wildman–Crippen LogP) is 3.16. The molecule has 3 aromatic rings. The largest absolute Gasteiger partial charge is 0.486 e. The summed E-state index contributed by atoms with van der Waals surface area (Å²) in [5.41, 5.74) is 2.36. The van der Waals surface area contributed by atoms with Crippen LogP contribution in [0.15, 0.2) is 41.4 Å². The number of rotatable bonds is 2. The van der Waals surface area contributed by atoms with E-state index in [1.807, 2.05) is 41.8 Å². The van der Waals surface area contributed by atoms with Gasteiger partial charge in [0.05, 0.1) is 16.8 Å². The average Bonchev–Trinajstić information content (AvgIpc) is 2.96. The van der Waals surface area contributed by atoms with Crippen molar-refractivity contribution in [1.82, 2.24) is 4.57 Å². The number of thiazole rings is 1. The molecular weight excluding hydrogens is 348 g/mol. The zero-order chi connectivity index (χ0) is 18.1. The van der Waals surface area contributed by atoms with Crippen molar-refractivity contribution >= 4 is 27.5 Å². The molecule has 26 heavy (non-hydrogen) atoms. The van der Waals surface area contributed by atoms with Crippen LogP contribution in [0, 0.1) is 19.3 Å². The van der Waals surface area contributed by atoms with Crippen LogP contribution in [-0.4, -0.2) is 23.7 Å². The molecule has 4 rings (SSSR count). The Hall–Kier alpha value is -3.04. The summed E-state index contributed by atoms with van der Waals surface area (Å²) in [6.45, 7) is 3.25. The van der Waals surface area contributed by atoms with Gasteiger partial charge < -0.3 is 14.0 Å². The van der Waals surface area contributed by atoms with Gasteiger partial charge in [-0.1, -0.05) is 35.5 Å². The first-order chi connectivity index (χ1) is 12.7. The Morgan fingerprint density at radius 2 is 2.00 bits per heavy atom. The number of ether oxygens (including phenoxy) is 2. The first-order valence-electron chi connectivity index (χ1n) is 8.18. The van der Waals surface area contributed by atoms with Crippen molar-refractivity contribution in [1.29, 1.82) is 0 Å². The van der Waals surface area contributed by atoms with Gasteiger partial charge in [-0.2, -0.15) is 4.99 Å². The van der Waals surface area contributed by atoms with Gasteiger partial charge in [-0.3, -0.25) is 4.79 Å². The van der Waals surface area contributed by atoms with Crippen LogP contribution < -0.4 is 14.3 Å². The molecule has 0 aliphatic carbocycles. The van der Waals surface area contributed by atoms with E-state index in [-0.39, 0.29) is 5.91 Å². The third kappa shape index (κ3) is 2.87. The van der Waals surface area contributed by atoms with E-state index in [2.05, 4.69) is 10.9 Å². The maximum atomic E-state index is 12.7. The lowest BCUT2D eigenvalue weighted by Gasteiger charge is -2.18. The molecule has 0 radical (unpaired) electrons. The van der Waals surface area contributed by atoms with Crippen molar-refractivity contribution in [3.8, 4) is 23.8 Å². The van der Waals surface area contributed by atoms with Crippen molar-refractivity contribution in [3.05, 3.63) is 52.3 Å². The lowest BCUT2D eigenvalue weighted by molar-refractivity contribution is 0.0997. The molecule has 0 spiro atoms. The van der Waals surface area contributed by atoms with Crippen LogP contribution >= 0.6 is 11.3 Å². The average molecular weight is 364 g/mol. The highest BCUT2D eigenvalue weighted by Crippen LogP contribution is 2.35. The summed E-state index contributed by atoms with van der Waals surface area (Å²) in [5.74, 6) is 3.74. The van der Waals surface area contributed by atoms with Crippen LogP contribution in [0.25, 0.3) is 10.2 Å². The number of fused-ring (bicyclic) bond motifs is 2. The summed E-state index contributed by atoms with van der Waals surface area (Å²) in [4.78, 5) is 17.6. The van der Waals surface area contributed by atoms with Crippen molar-refractivity contribution in [2.75, 3.05) is 13.2 Å². The van der Waals surface area contributed by atoms with E-state index >= 15 is 0 Å². The number of terminal acetylenes is 1. The standard InChI is InChI=1S/C20H16N2O3S/c1-3-8-22-15-11-16-17(25-10-9-24-16)12-18(15)26-20(22)21-19(23)14-7-5-4-6-13(14)2/h1,4-7,11-12H,8-10H2,2H3. The molecule has 1 aromatic heterocycles. The van der Waals surface area contributed by atoms with Crippen LogP contribution in [0.3, 0.4) is 0 Å². The highest BCUT2D eigenvalue weighted by atomic mass is 32.1. The van der Waals surface area contributed by atoms with Crippen LogP contribution in [0.1, 0.15) is 15.9 Å². The Morgan fingerprint density at radius 3 is 2.73 bits per heavy atom. The smallest absolute Gasteiger partial charge is 0.279 e. The second-order valence-electron chi connectivity index (χ2n) is 5.87. The maximum Gasteiger partial charge on any atom is 0.279 e. The number of hydrogen-bond acceptors (Lipinski definition) is 4. The van der Waals surface area contributed by atoms with Crippen molar-refractivity contribution in [2.45, 2.75) is 13.5 Å². The van der Waals surface area contributed by atoms with Crippen LogP contribution in [-0.2, 0) is 6.54 Å². The summed E-state index contributed by atoms with van der Waals surface area (Å²) >= 11 is 1.41. The molecule has 0 atom stereocenters. The van der Waals surface area contributed by atoms with Gasteiger partial charge >= 0.3 is 0 Å². The highest BCUT2D eigenvalue weighted by molar-refractivity contribution is 7.16. The molecule has 2 aromatic carbocycles. The highest BCUT2D eigenvalue weighted by Gasteiger charge is 2.17. The minimum absolute atomic E-state index is 0.280. The molecule has 1 aliphatic heterocycles. The second kappa shape index (κ2) is 6.70. The normalized spacial score (nSPS) is 13.6. The van der Waals surface area contributed by atoms with Gasteiger partial charge in [0.1, 0.15) is 13.2 Å². The van der Waals surface area contributed by atoms with Gasteiger partial charge in [0.25, 0.3) is 5.91 Å². The van der Waals surface area contributed by atoms with E-state index in [1.54, 1.807) is 6.07 Å². The number of amides is 1. The maximum absolute atomic E-state index is 12.7. The van der Waals surface area contributed by atoms with Gasteiger partial charge in [0, 0.05) is 17.7 Å². The van der Waals surface area contributed by atoms with Gasteiger partial charge in [0.2, 0.25) is 0 Å². The van der Waals surface area contributed by atoms with Crippen LogP contribution in [0.2, 0.25) is 0 Å². The third-order valence-electron chi connectivity index (χ3n) is 4.17. The molecule has 1 aliphatic rings. The number of carbonyl (C=O) groups is 1. The molecule has 1 amide bonds. The van der Waals surface area contributed by atoms with E-state index in [9.17, 15) is 4.79 Å². The Morgan fingerprint density at radius 1 is 1.27 bits per heavy atom. The fourth-order valence-electron chi connectivity index (χ4n) is 2.90. The zero-order valence-corrected chi connectivity index (χ0v) is 15.0. The summed E-state index contributed by atoms with van der Waals surface area (Å²) in [7, 11) is 0. The molecule has 130 valence electrons. The predicted molar refractivity (Wildman–Crippen MR) is 101 cm³/mol. The fraction of sp³-hybridized carbons (Fsp3) is 0.200. The molecule has 6 heteroatoms. The van der Waals surface area contributed by atoms with Crippen LogP contribution in [0.4, 0.5) is 0 Å². The number of nitrogens with zero attached hydrogens (tertiary/aromatic N) is 2. The summed E-state index contributed by atoms with van der Waals surface area (Å²) in [6.07, 6.45) is 5.53. The molecule has 5 nitrogen and oxygen atoms in total.